The Labute approximate surface area is 161 Å². The number of carbonyl (C=O) groups is 1. The first-order chi connectivity index (χ1) is 11.5. The van der Waals surface area contributed by atoms with Crippen molar-refractivity contribution in [2.24, 2.45) is 10.4 Å². The van der Waals surface area contributed by atoms with E-state index in [0.29, 0.717) is 20.9 Å². The van der Waals surface area contributed by atoms with Gasteiger partial charge in [0.25, 0.3) is 5.91 Å². The fourth-order valence-corrected chi connectivity index (χ4v) is 7.05. The van der Waals surface area contributed by atoms with Crippen LogP contribution in [0.1, 0.15) is 20.8 Å². The average molecular weight is 421 g/mol. The fraction of sp³-hybridized carbons (Fsp3) is 0.500. The summed E-state index contributed by atoms with van der Waals surface area (Å²) in [5.74, 6) is -0.184. The first-order valence-corrected chi connectivity index (χ1v) is 11.2. The van der Waals surface area contributed by atoms with E-state index in [4.69, 9.17) is 23.2 Å². The summed E-state index contributed by atoms with van der Waals surface area (Å²) >= 11 is 13.8. The molecule has 0 radical (unpaired) electrons. The third-order valence-corrected chi connectivity index (χ3v) is 7.84. The number of hydrogen-bond acceptors (Lipinski definition) is 4. The second-order valence-electron chi connectivity index (χ2n) is 7.22. The standard InChI is InChI=1S/C16H18Cl2N2O3S2/c1-16(2,3)14(21)19-15-20(11-6-9(17)4-5-10(11)18)12-7-25(22,23)8-13(12)24-15/h4-6,12-13H,7-8H2,1-3H3/t12-,13+/m0/s1. The van der Waals surface area contributed by atoms with Crippen molar-refractivity contribution in [2.45, 2.75) is 32.1 Å². The molecule has 0 bridgehead atoms. The molecule has 0 N–H and O–H groups in total. The van der Waals surface area contributed by atoms with Crippen LogP contribution in [0.25, 0.3) is 0 Å². The number of benzene rings is 1. The number of sulfone groups is 1. The third kappa shape index (κ3) is 3.84. The Morgan fingerprint density at radius 2 is 1.96 bits per heavy atom. The molecule has 25 heavy (non-hydrogen) atoms. The third-order valence-electron chi connectivity index (χ3n) is 4.07. The lowest BCUT2D eigenvalue weighted by molar-refractivity contribution is -0.124. The number of nitrogens with zero attached hydrogens (tertiary/aromatic N) is 2. The van der Waals surface area contributed by atoms with Gasteiger partial charge in [0.05, 0.1) is 28.3 Å². The van der Waals surface area contributed by atoms with Gasteiger partial charge < -0.3 is 4.90 Å². The summed E-state index contributed by atoms with van der Waals surface area (Å²) in [6.07, 6.45) is 0. The molecule has 2 atom stereocenters. The summed E-state index contributed by atoms with van der Waals surface area (Å²) in [6, 6.07) is 4.69. The first kappa shape index (κ1) is 19.0. The van der Waals surface area contributed by atoms with E-state index in [1.807, 2.05) is 0 Å². The van der Waals surface area contributed by atoms with E-state index in [1.54, 1.807) is 43.9 Å². The van der Waals surface area contributed by atoms with Crippen molar-refractivity contribution >= 4 is 61.6 Å². The van der Waals surface area contributed by atoms with Crippen LogP contribution in [0, 0.1) is 5.41 Å². The summed E-state index contributed by atoms with van der Waals surface area (Å²) in [6.45, 7) is 5.38. The molecule has 0 aliphatic carbocycles. The lowest BCUT2D eigenvalue weighted by Crippen LogP contribution is -2.38. The number of halogens is 2. The molecule has 0 spiro atoms. The second kappa shape index (κ2) is 6.44. The number of amides is 1. The Morgan fingerprint density at radius 3 is 2.60 bits per heavy atom. The first-order valence-electron chi connectivity index (χ1n) is 7.72. The number of hydrogen-bond donors (Lipinski definition) is 0. The fourth-order valence-electron chi connectivity index (χ4n) is 2.77. The minimum absolute atomic E-state index is 0.0102. The van der Waals surface area contributed by atoms with Crippen LogP contribution in [0.3, 0.4) is 0 Å². The Bertz CT molecular complexity index is 863. The van der Waals surface area contributed by atoms with Gasteiger partial charge >= 0.3 is 0 Å². The molecule has 0 saturated carbocycles. The molecular formula is C16H18Cl2N2O3S2. The minimum atomic E-state index is -3.13. The molecule has 9 heteroatoms. The number of rotatable bonds is 1. The highest BCUT2D eigenvalue weighted by molar-refractivity contribution is 8.16. The van der Waals surface area contributed by atoms with E-state index in [9.17, 15) is 13.2 Å². The van der Waals surface area contributed by atoms with Crippen LogP contribution in [0.5, 0.6) is 0 Å². The highest BCUT2D eigenvalue weighted by atomic mass is 35.5. The van der Waals surface area contributed by atoms with Gasteiger partial charge in [0.1, 0.15) is 0 Å². The summed E-state index contributed by atoms with van der Waals surface area (Å²) in [4.78, 5) is 18.4. The smallest absolute Gasteiger partial charge is 0.253 e. The number of carbonyl (C=O) groups excluding carboxylic acids is 1. The molecule has 0 unspecified atom stereocenters. The van der Waals surface area contributed by atoms with Gasteiger partial charge in [0.2, 0.25) is 0 Å². The monoisotopic (exact) mass is 420 g/mol. The van der Waals surface area contributed by atoms with Crippen LogP contribution in [0.2, 0.25) is 10.0 Å². The predicted molar refractivity (Wildman–Crippen MR) is 105 cm³/mol. The maximum absolute atomic E-state index is 12.4. The maximum atomic E-state index is 12.4. The molecule has 1 amide bonds. The molecule has 2 aliphatic heterocycles. The van der Waals surface area contributed by atoms with Crippen LogP contribution in [-0.2, 0) is 14.6 Å². The highest BCUT2D eigenvalue weighted by Gasteiger charge is 2.50. The van der Waals surface area contributed by atoms with Gasteiger partial charge in [-0.15, -0.1) is 0 Å². The number of anilines is 1. The van der Waals surface area contributed by atoms with E-state index < -0.39 is 15.3 Å². The largest absolute Gasteiger partial charge is 0.314 e. The number of amidine groups is 1. The zero-order chi connectivity index (χ0) is 18.6. The van der Waals surface area contributed by atoms with Crippen molar-refractivity contribution in [2.75, 3.05) is 16.4 Å². The molecular weight excluding hydrogens is 403 g/mol. The molecule has 1 aromatic carbocycles. The lowest BCUT2D eigenvalue weighted by atomic mass is 9.96. The normalized spacial score (nSPS) is 26.9. The molecule has 3 rings (SSSR count). The quantitative estimate of drug-likeness (QED) is 0.693. The van der Waals surface area contributed by atoms with Crippen LogP contribution in [0.15, 0.2) is 23.2 Å². The highest BCUT2D eigenvalue weighted by Crippen LogP contribution is 2.44. The summed E-state index contributed by atoms with van der Waals surface area (Å²) in [7, 11) is -3.13. The van der Waals surface area contributed by atoms with E-state index in [1.165, 1.54) is 11.8 Å². The van der Waals surface area contributed by atoms with Crippen molar-refractivity contribution in [3.8, 4) is 0 Å². The van der Waals surface area contributed by atoms with E-state index >= 15 is 0 Å². The van der Waals surface area contributed by atoms with Crippen molar-refractivity contribution in [3.63, 3.8) is 0 Å². The van der Waals surface area contributed by atoms with Crippen molar-refractivity contribution < 1.29 is 13.2 Å². The summed E-state index contributed by atoms with van der Waals surface area (Å²) in [5, 5.41) is 1.22. The van der Waals surface area contributed by atoms with E-state index in [2.05, 4.69) is 4.99 Å². The molecule has 2 heterocycles. The van der Waals surface area contributed by atoms with Gasteiger partial charge in [-0.1, -0.05) is 55.7 Å². The zero-order valence-corrected chi connectivity index (χ0v) is 17.1. The van der Waals surface area contributed by atoms with Gasteiger partial charge in [-0.05, 0) is 18.2 Å². The minimum Gasteiger partial charge on any atom is -0.314 e. The molecule has 0 aromatic heterocycles. The number of aliphatic imine (C=N–C) groups is 1. The molecule has 2 fully saturated rings. The predicted octanol–water partition coefficient (Wildman–Crippen LogP) is 3.64. The van der Waals surface area contributed by atoms with Crippen molar-refractivity contribution in [1.82, 2.24) is 0 Å². The van der Waals surface area contributed by atoms with Crippen molar-refractivity contribution in [3.05, 3.63) is 28.2 Å². The molecule has 1 aromatic rings. The van der Waals surface area contributed by atoms with Crippen LogP contribution in [0.4, 0.5) is 5.69 Å². The Hall–Kier alpha value is -0.760. The topological polar surface area (TPSA) is 66.8 Å². The van der Waals surface area contributed by atoms with E-state index in [0.717, 1.165) is 0 Å². The molecule has 2 saturated heterocycles. The van der Waals surface area contributed by atoms with Crippen LogP contribution >= 0.6 is 35.0 Å². The van der Waals surface area contributed by atoms with Crippen LogP contribution in [-0.4, -0.2) is 42.3 Å². The van der Waals surface area contributed by atoms with Gasteiger partial charge in [-0.3, -0.25) is 4.79 Å². The molecule has 136 valence electrons. The van der Waals surface area contributed by atoms with Crippen LogP contribution < -0.4 is 4.90 Å². The second-order valence-corrected chi connectivity index (χ2v) is 11.4. The van der Waals surface area contributed by atoms with Gasteiger partial charge in [-0.2, -0.15) is 4.99 Å². The Morgan fingerprint density at radius 1 is 1.28 bits per heavy atom. The van der Waals surface area contributed by atoms with Gasteiger partial charge in [0, 0.05) is 15.7 Å². The van der Waals surface area contributed by atoms with Gasteiger partial charge in [0.15, 0.2) is 15.0 Å². The average Bonchev–Trinajstić information content (AvgIpc) is 2.92. The SMILES string of the molecule is CC(C)(C)C(=O)N=C1S[C@@H]2CS(=O)(=O)C[C@@H]2N1c1cc(Cl)ccc1Cl. The van der Waals surface area contributed by atoms with Crippen molar-refractivity contribution in [1.29, 1.82) is 0 Å². The summed E-state index contributed by atoms with van der Waals surface area (Å²) < 4.78 is 24.1. The van der Waals surface area contributed by atoms with E-state index in [-0.39, 0.29) is 28.7 Å². The molecule has 5 nitrogen and oxygen atoms in total. The maximum Gasteiger partial charge on any atom is 0.253 e. The number of thioether (sulfide) groups is 1. The Kier molecular flexibility index (Phi) is 4.90. The Balaban J connectivity index is 2.09. The van der Waals surface area contributed by atoms with Gasteiger partial charge in [-0.25, -0.2) is 8.42 Å². The summed E-state index contributed by atoms with van der Waals surface area (Å²) in [5.41, 5.74) is -0.0482. The zero-order valence-electron chi connectivity index (χ0n) is 14.0. The molecule has 2 aliphatic rings. The lowest BCUT2D eigenvalue weighted by Gasteiger charge is -2.26. The number of fused-ring (bicyclic) bond motifs is 1.